The summed E-state index contributed by atoms with van der Waals surface area (Å²) >= 11 is 0. The van der Waals surface area contributed by atoms with Crippen molar-refractivity contribution in [3.05, 3.63) is 0 Å². The highest BCUT2D eigenvalue weighted by Gasteiger charge is 2.51. The summed E-state index contributed by atoms with van der Waals surface area (Å²) < 4.78 is 1.07. The van der Waals surface area contributed by atoms with E-state index in [-0.39, 0.29) is 0 Å². The van der Waals surface area contributed by atoms with Gasteiger partial charge < -0.3 is 23.8 Å². The molecule has 8 aliphatic heterocycles. The van der Waals surface area contributed by atoms with Crippen LogP contribution in [-0.2, 0) is 0 Å². The highest BCUT2D eigenvalue weighted by atomic mass is 16.4. The SMILES string of the molecule is O=C(O)[B][N+]12CN3CN(CN(C3)C1)C2.O=C([O-])[B][N+]12CN3CN(CN(C3)C1)C2. The van der Waals surface area contributed by atoms with E-state index in [9.17, 15) is 14.7 Å². The van der Waals surface area contributed by atoms with Gasteiger partial charge in [-0.15, -0.1) is 0 Å². The standard InChI is InChI=1S/2C7H13BN4O2/c2*13-7(14)8-12-4-9-1-10(5-12)3-11(2-9)6-12/h2*1-6H2,(H,13,14)/q2*+1/p-1. The van der Waals surface area contributed by atoms with E-state index in [1.807, 2.05) is 0 Å². The van der Waals surface area contributed by atoms with Crippen molar-refractivity contribution in [3.63, 3.8) is 0 Å². The highest BCUT2D eigenvalue weighted by molar-refractivity contribution is 6.65. The molecule has 0 saturated carbocycles. The summed E-state index contributed by atoms with van der Waals surface area (Å²) in [6, 6.07) is 0. The lowest BCUT2D eigenvalue weighted by Crippen LogP contribution is -2.81. The average Bonchev–Trinajstić information content (AvgIpc) is 2.49. The molecule has 8 fully saturated rings. The van der Waals surface area contributed by atoms with Gasteiger partial charge in [-0.2, -0.15) is 0 Å². The summed E-state index contributed by atoms with van der Waals surface area (Å²) in [6.07, 6.45) is 0. The monoisotopic (exact) mass is 391 g/mol. The fourth-order valence-corrected chi connectivity index (χ4v) is 5.86. The zero-order chi connectivity index (χ0) is 19.5. The number of rotatable bonds is 4. The zero-order valence-corrected chi connectivity index (χ0v) is 15.9. The Morgan fingerprint density at radius 1 is 0.643 bits per heavy atom. The van der Waals surface area contributed by atoms with Gasteiger partial charge in [0.25, 0.3) is 0 Å². The number of hydrogen-bond acceptors (Lipinski definition) is 9. The van der Waals surface area contributed by atoms with Crippen LogP contribution in [0.25, 0.3) is 0 Å². The third kappa shape index (κ3) is 3.55. The van der Waals surface area contributed by atoms with Crippen LogP contribution in [0.15, 0.2) is 0 Å². The molecule has 150 valence electrons. The molecule has 8 heterocycles. The van der Waals surface area contributed by atoms with Crippen molar-refractivity contribution >= 4 is 26.6 Å². The van der Waals surface area contributed by atoms with Crippen molar-refractivity contribution in [1.29, 1.82) is 0 Å². The first-order chi connectivity index (χ1) is 13.3. The second-order valence-corrected chi connectivity index (χ2v) is 9.07. The Balaban J connectivity index is 0.000000122. The molecule has 0 unspecified atom stereocenters. The number of quaternary nitrogens is 2. The van der Waals surface area contributed by atoms with Gasteiger partial charge in [-0.25, -0.2) is 29.4 Å². The number of hydrogen-bond donors (Lipinski definition) is 1. The van der Waals surface area contributed by atoms with Crippen LogP contribution in [0.2, 0.25) is 0 Å². The maximum Gasteiger partial charge on any atom is 0.582 e. The second kappa shape index (κ2) is 6.64. The fraction of sp³-hybridized carbons (Fsp3) is 0.857. The third-order valence-electron chi connectivity index (χ3n) is 6.05. The van der Waals surface area contributed by atoms with E-state index in [1.54, 1.807) is 0 Å². The van der Waals surface area contributed by atoms with Gasteiger partial charge in [0.05, 0.1) is 45.9 Å². The largest absolute Gasteiger partial charge is 0.582 e. The van der Waals surface area contributed by atoms with Crippen molar-refractivity contribution in [2.24, 2.45) is 0 Å². The summed E-state index contributed by atoms with van der Waals surface area (Å²) in [5, 5.41) is 19.5. The molecule has 0 atom stereocenters. The number of carboxylic acid groups (broad SMARTS) is 2. The molecule has 8 bridgehead atoms. The minimum Gasteiger partial charge on any atom is -0.554 e. The number of carbonyl (C=O) groups excluding carboxylic acids is 1. The quantitative estimate of drug-likeness (QED) is 0.482. The van der Waals surface area contributed by atoms with Crippen molar-refractivity contribution in [1.82, 2.24) is 29.4 Å². The van der Waals surface area contributed by atoms with E-state index < -0.39 is 11.7 Å². The minimum absolute atomic E-state index is 0.502. The minimum atomic E-state index is -1.06. The second-order valence-electron chi connectivity index (χ2n) is 9.07. The fourth-order valence-electron chi connectivity index (χ4n) is 5.86. The summed E-state index contributed by atoms with van der Waals surface area (Å²) in [4.78, 5) is 35.0. The zero-order valence-electron chi connectivity index (χ0n) is 15.9. The van der Waals surface area contributed by atoms with Crippen LogP contribution in [0.1, 0.15) is 0 Å². The van der Waals surface area contributed by atoms with Gasteiger partial charge in [-0.1, -0.05) is 0 Å². The van der Waals surface area contributed by atoms with Gasteiger partial charge in [0.2, 0.25) is 0 Å². The predicted molar refractivity (Wildman–Crippen MR) is 94.9 cm³/mol. The van der Waals surface area contributed by atoms with E-state index in [4.69, 9.17) is 5.11 Å². The maximum atomic E-state index is 10.8. The molecular weight excluding hydrogens is 366 g/mol. The van der Waals surface area contributed by atoms with Crippen molar-refractivity contribution in [2.75, 3.05) is 80.0 Å². The predicted octanol–water partition coefficient (Wildman–Crippen LogP) is -3.75. The Morgan fingerprint density at radius 2 is 0.929 bits per heavy atom. The average molecular weight is 391 g/mol. The molecule has 8 rings (SSSR count). The lowest BCUT2D eigenvalue weighted by atomic mass is 9.87. The molecule has 0 amide bonds. The van der Waals surface area contributed by atoms with Gasteiger partial charge in [0.1, 0.15) is 40.0 Å². The van der Waals surface area contributed by atoms with Gasteiger partial charge in [0, 0.05) is 0 Å². The Hall–Kier alpha value is -1.25. The van der Waals surface area contributed by atoms with Gasteiger partial charge in [0.15, 0.2) is 0 Å². The van der Waals surface area contributed by atoms with Crippen LogP contribution >= 0.6 is 0 Å². The molecule has 0 aromatic rings. The first-order valence-electron chi connectivity index (χ1n) is 9.52. The van der Waals surface area contributed by atoms with E-state index in [1.165, 1.54) is 14.8 Å². The van der Waals surface area contributed by atoms with Gasteiger partial charge in [-0.05, 0) is 0 Å². The van der Waals surface area contributed by atoms with Crippen LogP contribution in [0, 0.1) is 0 Å². The Bertz CT molecular complexity index is 555. The Labute approximate surface area is 165 Å². The Morgan fingerprint density at radius 3 is 1.18 bits per heavy atom. The Kier molecular flexibility index (Phi) is 4.45. The molecule has 0 aromatic carbocycles. The molecule has 12 nitrogen and oxygen atoms in total. The first kappa shape index (κ1) is 18.8. The van der Waals surface area contributed by atoms with E-state index in [0.29, 0.717) is 8.79 Å². The van der Waals surface area contributed by atoms with Crippen LogP contribution < -0.4 is 5.11 Å². The lowest BCUT2D eigenvalue weighted by molar-refractivity contribution is -0.886. The highest BCUT2D eigenvalue weighted by Crippen LogP contribution is 2.28. The van der Waals surface area contributed by atoms with Crippen molar-refractivity contribution in [2.45, 2.75) is 0 Å². The summed E-state index contributed by atoms with van der Waals surface area (Å²) in [5.41, 5.74) is 0. The number of carbonyl (C=O) groups is 2. The molecule has 8 saturated heterocycles. The normalized spacial score (nSPS) is 49.3. The third-order valence-corrected chi connectivity index (χ3v) is 6.05. The molecule has 28 heavy (non-hydrogen) atoms. The van der Waals surface area contributed by atoms with E-state index >= 15 is 0 Å². The summed E-state index contributed by atoms with van der Waals surface area (Å²) in [7, 11) is 2.76. The van der Waals surface area contributed by atoms with E-state index in [0.717, 1.165) is 80.0 Å². The smallest absolute Gasteiger partial charge is 0.554 e. The van der Waals surface area contributed by atoms with E-state index in [2.05, 4.69) is 29.4 Å². The van der Waals surface area contributed by atoms with Crippen molar-refractivity contribution in [3.8, 4) is 0 Å². The van der Waals surface area contributed by atoms with Crippen molar-refractivity contribution < 1.29 is 28.6 Å². The van der Waals surface area contributed by atoms with Crippen LogP contribution in [-0.4, -0.2) is 150 Å². The number of nitrogens with zero attached hydrogens (tertiary/aromatic N) is 8. The summed E-state index contributed by atoms with van der Waals surface area (Å²) in [6.45, 7) is 10.8. The summed E-state index contributed by atoms with van der Waals surface area (Å²) in [5.74, 6) is -1.87. The molecule has 0 aliphatic carbocycles. The molecule has 1 N–H and O–H groups in total. The van der Waals surface area contributed by atoms with Crippen LogP contribution in [0.3, 0.4) is 0 Å². The molecule has 0 spiro atoms. The topological polar surface area (TPSA) is 96.9 Å². The van der Waals surface area contributed by atoms with Gasteiger partial charge in [-0.3, -0.25) is 4.79 Å². The van der Waals surface area contributed by atoms with Gasteiger partial charge >= 0.3 is 20.7 Å². The molecule has 14 heteroatoms. The maximum absolute atomic E-state index is 10.8. The molecule has 0 aromatic heterocycles. The lowest BCUT2D eigenvalue weighted by Gasteiger charge is -2.61. The molecule has 2 radical (unpaired) electrons. The molecule has 8 aliphatic rings. The molecular formula is C14H25B2N8O4+. The first-order valence-corrected chi connectivity index (χ1v) is 9.52. The van der Waals surface area contributed by atoms with Crippen LogP contribution in [0.5, 0.6) is 0 Å². The van der Waals surface area contributed by atoms with Crippen LogP contribution in [0.4, 0.5) is 9.59 Å².